The van der Waals surface area contributed by atoms with Gasteiger partial charge in [-0.15, -0.1) is 0 Å². The van der Waals surface area contributed by atoms with Gasteiger partial charge in [-0.2, -0.15) is 0 Å². The van der Waals surface area contributed by atoms with Crippen molar-refractivity contribution in [1.82, 2.24) is 9.97 Å². The number of pyridine rings is 2. The van der Waals surface area contributed by atoms with Crippen LogP contribution in [0.15, 0.2) is 67.3 Å². The van der Waals surface area contributed by atoms with Gasteiger partial charge in [0.15, 0.2) is 0 Å². The molecular formula is C18H14N2O2. The molecule has 0 bridgehead atoms. The second-order valence-corrected chi connectivity index (χ2v) is 4.97. The van der Waals surface area contributed by atoms with Crippen molar-refractivity contribution in [2.75, 3.05) is 0 Å². The van der Waals surface area contributed by atoms with Gasteiger partial charge in [-0.3, -0.25) is 14.8 Å². The van der Waals surface area contributed by atoms with Crippen LogP contribution in [-0.2, 0) is 11.2 Å². The molecular weight excluding hydrogens is 276 g/mol. The quantitative estimate of drug-likeness (QED) is 0.799. The van der Waals surface area contributed by atoms with Crippen LogP contribution >= 0.6 is 0 Å². The summed E-state index contributed by atoms with van der Waals surface area (Å²) in [5.74, 6) is -0.847. The maximum absolute atomic E-state index is 11.0. The smallest absolute Gasteiger partial charge is 0.307 e. The minimum absolute atomic E-state index is 0.0125. The molecule has 4 heteroatoms. The first-order valence-corrected chi connectivity index (χ1v) is 6.89. The number of hydrogen-bond acceptors (Lipinski definition) is 3. The van der Waals surface area contributed by atoms with E-state index >= 15 is 0 Å². The van der Waals surface area contributed by atoms with Crippen molar-refractivity contribution < 1.29 is 9.90 Å². The lowest BCUT2D eigenvalue weighted by Gasteiger charge is -2.09. The summed E-state index contributed by atoms with van der Waals surface area (Å²) < 4.78 is 0. The molecule has 0 aliphatic rings. The summed E-state index contributed by atoms with van der Waals surface area (Å²) in [4.78, 5) is 19.3. The van der Waals surface area contributed by atoms with Crippen molar-refractivity contribution in [2.45, 2.75) is 6.42 Å². The van der Waals surface area contributed by atoms with E-state index < -0.39 is 5.97 Å². The van der Waals surface area contributed by atoms with Crippen LogP contribution in [-0.4, -0.2) is 21.0 Å². The molecule has 0 aliphatic carbocycles. The monoisotopic (exact) mass is 290 g/mol. The fourth-order valence-electron chi connectivity index (χ4n) is 2.37. The lowest BCUT2D eigenvalue weighted by atomic mass is 9.96. The lowest BCUT2D eigenvalue weighted by Crippen LogP contribution is -2.00. The van der Waals surface area contributed by atoms with Gasteiger partial charge in [-0.25, -0.2) is 0 Å². The Labute approximate surface area is 128 Å². The summed E-state index contributed by atoms with van der Waals surface area (Å²) in [6.07, 6.45) is 6.96. The Hall–Kier alpha value is -3.01. The molecule has 0 saturated carbocycles. The molecule has 4 nitrogen and oxygen atoms in total. The van der Waals surface area contributed by atoms with Gasteiger partial charge in [0.2, 0.25) is 0 Å². The summed E-state index contributed by atoms with van der Waals surface area (Å²) in [6, 6.07) is 13.5. The number of benzene rings is 1. The van der Waals surface area contributed by atoms with Gasteiger partial charge in [-0.05, 0) is 34.9 Å². The van der Waals surface area contributed by atoms with Gasteiger partial charge in [0, 0.05) is 35.9 Å². The highest BCUT2D eigenvalue weighted by Crippen LogP contribution is 2.27. The van der Waals surface area contributed by atoms with Crippen LogP contribution in [0.25, 0.3) is 22.3 Å². The molecule has 2 heterocycles. The molecule has 1 aromatic carbocycles. The number of nitrogens with zero attached hydrogens (tertiary/aromatic N) is 2. The highest BCUT2D eigenvalue weighted by atomic mass is 16.4. The summed E-state index contributed by atoms with van der Waals surface area (Å²) in [5.41, 5.74) is 4.57. The maximum atomic E-state index is 11.0. The van der Waals surface area contributed by atoms with Crippen molar-refractivity contribution >= 4 is 5.97 Å². The average molecular weight is 290 g/mol. The number of aromatic nitrogens is 2. The number of carbonyl (C=O) groups is 1. The van der Waals surface area contributed by atoms with Crippen LogP contribution in [0.3, 0.4) is 0 Å². The Morgan fingerprint density at radius 2 is 1.41 bits per heavy atom. The first kappa shape index (κ1) is 13.9. The first-order chi connectivity index (χ1) is 10.7. The van der Waals surface area contributed by atoms with Crippen molar-refractivity contribution in [3.05, 3.63) is 72.8 Å². The van der Waals surface area contributed by atoms with Gasteiger partial charge >= 0.3 is 5.97 Å². The fraction of sp³-hybridized carbons (Fsp3) is 0.0556. The zero-order valence-electron chi connectivity index (χ0n) is 11.8. The van der Waals surface area contributed by atoms with Crippen molar-refractivity contribution in [3.8, 4) is 22.3 Å². The van der Waals surface area contributed by atoms with E-state index in [1.165, 1.54) is 0 Å². The molecule has 0 unspecified atom stereocenters. The molecule has 3 aromatic rings. The second kappa shape index (κ2) is 6.18. The Morgan fingerprint density at radius 3 is 1.82 bits per heavy atom. The summed E-state index contributed by atoms with van der Waals surface area (Å²) in [6.45, 7) is 0. The van der Waals surface area contributed by atoms with E-state index in [2.05, 4.69) is 9.97 Å². The predicted molar refractivity (Wildman–Crippen MR) is 84.2 cm³/mol. The molecule has 2 aromatic heterocycles. The van der Waals surface area contributed by atoms with Crippen LogP contribution in [0.5, 0.6) is 0 Å². The molecule has 0 amide bonds. The maximum Gasteiger partial charge on any atom is 0.307 e. The van der Waals surface area contributed by atoms with E-state index in [0.29, 0.717) is 0 Å². The Kier molecular flexibility index (Phi) is 3.92. The van der Waals surface area contributed by atoms with Gasteiger partial charge in [0.25, 0.3) is 0 Å². The summed E-state index contributed by atoms with van der Waals surface area (Å²) in [7, 11) is 0. The number of hydrogen-bond donors (Lipinski definition) is 1. The molecule has 0 atom stereocenters. The van der Waals surface area contributed by atoms with Gasteiger partial charge in [0.05, 0.1) is 6.42 Å². The third-order valence-electron chi connectivity index (χ3n) is 3.34. The SMILES string of the molecule is O=C(O)Cc1cc(-c2cccnc2)cc(-c2cccnc2)c1. The molecule has 0 radical (unpaired) electrons. The molecule has 0 fully saturated rings. The van der Waals surface area contributed by atoms with E-state index in [1.807, 2.05) is 42.5 Å². The third kappa shape index (κ3) is 3.17. The van der Waals surface area contributed by atoms with Crippen LogP contribution in [0.2, 0.25) is 0 Å². The predicted octanol–water partition coefficient (Wildman–Crippen LogP) is 3.44. The number of aliphatic carboxylic acids is 1. The molecule has 0 saturated heterocycles. The average Bonchev–Trinajstić information content (AvgIpc) is 2.55. The van der Waals surface area contributed by atoms with Crippen molar-refractivity contribution in [3.63, 3.8) is 0 Å². The number of rotatable bonds is 4. The largest absolute Gasteiger partial charge is 0.481 e. The van der Waals surface area contributed by atoms with E-state index in [9.17, 15) is 4.79 Å². The van der Waals surface area contributed by atoms with Crippen LogP contribution < -0.4 is 0 Å². The summed E-state index contributed by atoms with van der Waals surface area (Å²) >= 11 is 0. The van der Waals surface area contributed by atoms with Gasteiger partial charge < -0.3 is 5.11 Å². The second-order valence-electron chi connectivity index (χ2n) is 4.97. The molecule has 22 heavy (non-hydrogen) atoms. The molecule has 0 spiro atoms. The zero-order valence-corrected chi connectivity index (χ0v) is 11.8. The fourth-order valence-corrected chi connectivity index (χ4v) is 2.37. The molecule has 108 valence electrons. The van der Waals surface area contributed by atoms with E-state index in [1.54, 1.807) is 24.8 Å². The number of carboxylic acids is 1. The van der Waals surface area contributed by atoms with Crippen LogP contribution in [0, 0.1) is 0 Å². The third-order valence-corrected chi connectivity index (χ3v) is 3.34. The normalized spacial score (nSPS) is 10.4. The Morgan fingerprint density at radius 1 is 0.864 bits per heavy atom. The topological polar surface area (TPSA) is 63.1 Å². The zero-order chi connectivity index (χ0) is 15.4. The van der Waals surface area contributed by atoms with Crippen molar-refractivity contribution in [2.24, 2.45) is 0 Å². The number of carboxylic acid groups (broad SMARTS) is 1. The summed E-state index contributed by atoms with van der Waals surface area (Å²) in [5, 5.41) is 9.07. The van der Waals surface area contributed by atoms with Crippen LogP contribution in [0.1, 0.15) is 5.56 Å². The van der Waals surface area contributed by atoms with Gasteiger partial charge in [-0.1, -0.05) is 24.3 Å². The highest BCUT2D eigenvalue weighted by Gasteiger charge is 2.08. The Bertz CT molecular complexity index is 729. The standard InChI is InChI=1S/C18H14N2O2/c21-18(22)9-13-7-16(14-3-1-5-19-11-14)10-17(8-13)15-4-2-6-20-12-15/h1-8,10-12H,9H2,(H,21,22). The molecule has 0 aliphatic heterocycles. The minimum atomic E-state index is -0.847. The minimum Gasteiger partial charge on any atom is -0.481 e. The van der Waals surface area contributed by atoms with Crippen LogP contribution in [0.4, 0.5) is 0 Å². The van der Waals surface area contributed by atoms with E-state index in [-0.39, 0.29) is 6.42 Å². The molecule has 3 rings (SSSR count). The highest BCUT2D eigenvalue weighted by molar-refractivity contribution is 5.77. The molecule has 1 N–H and O–H groups in total. The lowest BCUT2D eigenvalue weighted by molar-refractivity contribution is -0.136. The van der Waals surface area contributed by atoms with E-state index in [0.717, 1.165) is 27.8 Å². The van der Waals surface area contributed by atoms with Gasteiger partial charge in [0.1, 0.15) is 0 Å². The van der Waals surface area contributed by atoms with E-state index in [4.69, 9.17) is 5.11 Å². The first-order valence-electron chi connectivity index (χ1n) is 6.89. The Balaban J connectivity index is 2.12. The van der Waals surface area contributed by atoms with Crippen molar-refractivity contribution in [1.29, 1.82) is 0 Å².